The normalized spacial score (nSPS) is 13.0. The second-order valence-electron chi connectivity index (χ2n) is 7.41. The Morgan fingerprint density at radius 2 is 1.94 bits per heavy atom. The minimum Gasteiger partial charge on any atom is -0.362 e. The number of anilines is 1. The van der Waals surface area contributed by atoms with Gasteiger partial charge in [-0.2, -0.15) is 0 Å². The van der Waals surface area contributed by atoms with Crippen molar-refractivity contribution in [3.8, 4) is 11.3 Å². The standard InChI is InChI=1S/C23H23ClN4O3/c1-27-20(17-7-4-8-19(24)11-17)12-25-23(27)26-21(29)14-31-15-22(30)28-10-9-16-5-2-3-6-18(16)13-28/h2-8,11-12H,9-10,13-15H2,1H3,(H,25,26,29). The highest BCUT2D eigenvalue weighted by atomic mass is 35.5. The van der Waals surface area contributed by atoms with E-state index in [0.29, 0.717) is 24.1 Å². The number of rotatable bonds is 6. The molecule has 2 aromatic carbocycles. The van der Waals surface area contributed by atoms with E-state index in [2.05, 4.69) is 16.4 Å². The Hall–Kier alpha value is -3.16. The summed E-state index contributed by atoms with van der Waals surface area (Å²) >= 11 is 6.06. The maximum atomic E-state index is 12.4. The summed E-state index contributed by atoms with van der Waals surface area (Å²) in [4.78, 5) is 30.7. The lowest BCUT2D eigenvalue weighted by molar-refractivity contribution is -0.138. The summed E-state index contributed by atoms with van der Waals surface area (Å²) in [6.07, 6.45) is 2.50. The average molecular weight is 439 g/mol. The number of fused-ring (bicyclic) bond motifs is 1. The lowest BCUT2D eigenvalue weighted by Gasteiger charge is -2.28. The number of amides is 2. The zero-order valence-corrected chi connectivity index (χ0v) is 17.9. The molecule has 0 unspecified atom stereocenters. The van der Waals surface area contributed by atoms with Gasteiger partial charge in [0.15, 0.2) is 0 Å². The Kier molecular flexibility index (Phi) is 6.34. The number of hydrogen-bond donors (Lipinski definition) is 1. The van der Waals surface area contributed by atoms with Crippen molar-refractivity contribution >= 4 is 29.4 Å². The molecule has 160 valence electrons. The Bertz CT molecular complexity index is 1110. The van der Waals surface area contributed by atoms with Crippen LogP contribution in [-0.4, -0.2) is 46.0 Å². The Balaban J connectivity index is 1.27. The fourth-order valence-electron chi connectivity index (χ4n) is 3.63. The summed E-state index contributed by atoms with van der Waals surface area (Å²) in [7, 11) is 1.80. The molecule has 2 amide bonds. The molecule has 0 radical (unpaired) electrons. The molecular weight excluding hydrogens is 416 g/mol. The number of benzene rings is 2. The molecule has 1 aliphatic heterocycles. The highest BCUT2D eigenvalue weighted by Crippen LogP contribution is 2.24. The zero-order valence-electron chi connectivity index (χ0n) is 17.2. The summed E-state index contributed by atoms with van der Waals surface area (Å²) in [5.74, 6) is -0.104. The van der Waals surface area contributed by atoms with Crippen molar-refractivity contribution in [3.05, 3.63) is 70.9 Å². The van der Waals surface area contributed by atoms with Crippen molar-refractivity contribution in [3.63, 3.8) is 0 Å². The first-order valence-electron chi connectivity index (χ1n) is 10.0. The molecule has 4 rings (SSSR count). The fraction of sp³-hybridized carbons (Fsp3) is 0.261. The summed E-state index contributed by atoms with van der Waals surface area (Å²) in [6, 6.07) is 15.5. The summed E-state index contributed by atoms with van der Waals surface area (Å²) in [5.41, 5.74) is 4.15. The van der Waals surface area contributed by atoms with E-state index >= 15 is 0 Å². The van der Waals surface area contributed by atoms with Gasteiger partial charge in [-0.05, 0) is 29.7 Å². The Morgan fingerprint density at radius 3 is 2.74 bits per heavy atom. The van der Waals surface area contributed by atoms with Crippen molar-refractivity contribution in [1.82, 2.24) is 14.5 Å². The number of nitrogens with one attached hydrogen (secondary N) is 1. The van der Waals surface area contributed by atoms with E-state index in [-0.39, 0.29) is 25.0 Å². The molecule has 1 aliphatic rings. The second kappa shape index (κ2) is 9.32. The number of carbonyl (C=O) groups is 2. The van der Waals surface area contributed by atoms with Crippen LogP contribution >= 0.6 is 11.6 Å². The van der Waals surface area contributed by atoms with Crippen LogP contribution in [-0.2, 0) is 34.3 Å². The Morgan fingerprint density at radius 1 is 1.13 bits per heavy atom. The van der Waals surface area contributed by atoms with Crippen LogP contribution in [0, 0.1) is 0 Å². The van der Waals surface area contributed by atoms with E-state index in [9.17, 15) is 9.59 Å². The molecule has 0 saturated heterocycles. The van der Waals surface area contributed by atoms with E-state index in [1.54, 1.807) is 28.8 Å². The van der Waals surface area contributed by atoms with Crippen LogP contribution in [0.4, 0.5) is 5.95 Å². The number of ether oxygens (including phenoxy) is 1. The van der Waals surface area contributed by atoms with Gasteiger partial charge in [0.2, 0.25) is 11.9 Å². The average Bonchev–Trinajstić information content (AvgIpc) is 3.13. The smallest absolute Gasteiger partial charge is 0.252 e. The minimum atomic E-state index is -0.372. The van der Waals surface area contributed by atoms with Crippen LogP contribution in [0.25, 0.3) is 11.3 Å². The van der Waals surface area contributed by atoms with Crippen LogP contribution in [0.15, 0.2) is 54.7 Å². The van der Waals surface area contributed by atoms with Crippen molar-refractivity contribution in [1.29, 1.82) is 0 Å². The maximum Gasteiger partial charge on any atom is 0.252 e. The number of nitrogens with zero attached hydrogens (tertiary/aromatic N) is 3. The first kappa shape index (κ1) is 21.1. The van der Waals surface area contributed by atoms with Gasteiger partial charge in [-0.3, -0.25) is 14.9 Å². The van der Waals surface area contributed by atoms with E-state index in [1.165, 1.54) is 5.56 Å². The summed E-state index contributed by atoms with van der Waals surface area (Å²) < 4.78 is 7.12. The number of hydrogen-bond acceptors (Lipinski definition) is 4. The molecule has 0 saturated carbocycles. The topological polar surface area (TPSA) is 76.5 Å². The molecule has 31 heavy (non-hydrogen) atoms. The van der Waals surface area contributed by atoms with Crippen LogP contribution in [0.3, 0.4) is 0 Å². The van der Waals surface area contributed by atoms with Crippen LogP contribution in [0.5, 0.6) is 0 Å². The van der Waals surface area contributed by atoms with E-state index in [0.717, 1.165) is 23.2 Å². The van der Waals surface area contributed by atoms with E-state index in [4.69, 9.17) is 16.3 Å². The van der Waals surface area contributed by atoms with Gasteiger partial charge in [0, 0.05) is 30.7 Å². The van der Waals surface area contributed by atoms with Gasteiger partial charge in [-0.1, -0.05) is 48.0 Å². The molecule has 0 aliphatic carbocycles. The molecule has 3 aromatic rings. The monoisotopic (exact) mass is 438 g/mol. The van der Waals surface area contributed by atoms with E-state index in [1.807, 2.05) is 36.4 Å². The van der Waals surface area contributed by atoms with Crippen LogP contribution in [0.2, 0.25) is 5.02 Å². The van der Waals surface area contributed by atoms with Crippen molar-refractivity contribution in [2.24, 2.45) is 7.05 Å². The second-order valence-corrected chi connectivity index (χ2v) is 7.85. The molecule has 1 aromatic heterocycles. The van der Waals surface area contributed by atoms with Gasteiger partial charge in [0.25, 0.3) is 5.91 Å². The highest BCUT2D eigenvalue weighted by molar-refractivity contribution is 6.30. The third kappa shape index (κ3) is 4.95. The van der Waals surface area contributed by atoms with Gasteiger partial charge in [-0.25, -0.2) is 4.98 Å². The van der Waals surface area contributed by atoms with Gasteiger partial charge >= 0.3 is 0 Å². The molecule has 1 N–H and O–H groups in total. The molecular formula is C23H23ClN4O3. The molecule has 7 nitrogen and oxygen atoms in total. The quantitative estimate of drug-likeness (QED) is 0.640. The van der Waals surface area contributed by atoms with Gasteiger partial charge < -0.3 is 14.2 Å². The third-order valence-electron chi connectivity index (χ3n) is 5.30. The molecule has 0 bridgehead atoms. The summed E-state index contributed by atoms with van der Waals surface area (Å²) in [5, 5.41) is 3.34. The van der Waals surface area contributed by atoms with E-state index < -0.39 is 0 Å². The fourth-order valence-corrected chi connectivity index (χ4v) is 3.82. The zero-order chi connectivity index (χ0) is 21.8. The first-order chi connectivity index (χ1) is 15.0. The largest absolute Gasteiger partial charge is 0.362 e. The van der Waals surface area contributed by atoms with Crippen molar-refractivity contribution < 1.29 is 14.3 Å². The number of imidazole rings is 1. The number of aromatic nitrogens is 2. The van der Waals surface area contributed by atoms with Gasteiger partial charge in [0.1, 0.15) is 13.2 Å². The first-order valence-corrected chi connectivity index (χ1v) is 10.4. The molecule has 8 heteroatoms. The van der Waals surface area contributed by atoms with Crippen LogP contribution < -0.4 is 5.32 Å². The SMILES string of the molecule is Cn1c(-c2cccc(Cl)c2)cnc1NC(=O)COCC(=O)N1CCc2ccccc2C1. The number of carbonyl (C=O) groups excluding carboxylic acids is 2. The molecule has 0 atom stereocenters. The molecule has 2 heterocycles. The summed E-state index contributed by atoms with van der Waals surface area (Å²) in [6.45, 7) is 0.870. The molecule has 0 spiro atoms. The minimum absolute atomic E-state index is 0.123. The van der Waals surface area contributed by atoms with Gasteiger partial charge in [0.05, 0.1) is 11.9 Å². The Labute approximate surface area is 185 Å². The lowest BCUT2D eigenvalue weighted by atomic mass is 10.00. The predicted octanol–water partition coefficient (Wildman–Crippen LogP) is 3.28. The lowest BCUT2D eigenvalue weighted by Crippen LogP contribution is -2.38. The van der Waals surface area contributed by atoms with Crippen molar-refractivity contribution in [2.75, 3.05) is 25.1 Å². The van der Waals surface area contributed by atoms with Crippen LogP contribution in [0.1, 0.15) is 11.1 Å². The third-order valence-corrected chi connectivity index (χ3v) is 5.54. The predicted molar refractivity (Wildman–Crippen MR) is 119 cm³/mol. The van der Waals surface area contributed by atoms with Gasteiger partial charge in [-0.15, -0.1) is 0 Å². The highest BCUT2D eigenvalue weighted by Gasteiger charge is 2.20. The molecule has 0 fully saturated rings. The van der Waals surface area contributed by atoms with Crippen molar-refractivity contribution in [2.45, 2.75) is 13.0 Å². The number of halogens is 1. The maximum absolute atomic E-state index is 12.4.